The molecule has 1 fully saturated rings. The first-order valence-electron chi connectivity index (χ1n) is 5.86. The van der Waals surface area contributed by atoms with Crippen LogP contribution in [0.1, 0.15) is 26.2 Å². The van der Waals surface area contributed by atoms with E-state index < -0.39 is 0 Å². The summed E-state index contributed by atoms with van der Waals surface area (Å²) in [5.74, 6) is -0.387. The lowest BCUT2D eigenvalue weighted by atomic mass is 10.0. The minimum Gasteiger partial charge on any atom is -0.356 e. The van der Waals surface area contributed by atoms with Crippen molar-refractivity contribution in [1.29, 1.82) is 0 Å². The van der Waals surface area contributed by atoms with Crippen molar-refractivity contribution < 1.29 is 14.4 Å². The second-order valence-corrected chi connectivity index (χ2v) is 4.04. The number of amides is 3. The van der Waals surface area contributed by atoms with E-state index in [-0.39, 0.29) is 23.8 Å². The van der Waals surface area contributed by atoms with E-state index >= 15 is 0 Å². The number of imide groups is 1. The fourth-order valence-corrected chi connectivity index (χ4v) is 1.75. The van der Waals surface area contributed by atoms with Crippen molar-refractivity contribution in [3.8, 4) is 0 Å². The van der Waals surface area contributed by atoms with Gasteiger partial charge in [0.1, 0.15) is 0 Å². The largest absolute Gasteiger partial charge is 0.356 e. The predicted octanol–water partition coefficient (Wildman–Crippen LogP) is -0.750. The van der Waals surface area contributed by atoms with Crippen LogP contribution in [0.2, 0.25) is 0 Å². The fourth-order valence-electron chi connectivity index (χ4n) is 1.75. The van der Waals surface area contributed by atoms with Crippen LogP contribution < -0.4 is 10.6 Å². The van der Waals surface area contributed by atoms with Crippen LogP contribution in [0.25, 0.3) is 0 Å². The molecule has 6 heteroatoms. The number of rotatable bonds is 5. The van der Waals surface area contributed by atoms with Gasteiger partial charge in [0.25, 0.3) is 0 Å². The molecule has 0 radical (unpaired) electrons. The summed E-state index contributed by atoms with van der Waals surface area (Å²) < 4.78 is 0. The Hall–Kier alpha value is -1.43. The Morgan fingerprint density at radius 1 is 1.47 bits per heavy atom. The predicted molar refractivity (Wildman–Crippen MR) is 62.1 cm³/mol. The zero-order valence-corrected chi connectivity index (χ0v) is 10.3. The van der Waals surface area contributed by atoms with Crippen molar-refractivity contribution in [2.75, 3.05) is 20.1 Å². The monoisotopic (exact) mass is 241 g/mol. The van der Waals surface area contributed by atoms with Gasteiger partial charge in [0.05, 0.1) is 6.04 Å². The van der Waals surface area contributed by atoms with Crippen molar-refractivity contribution in [2.45, 2.75) is 32.2 Å². The zero-order valence-electron chi connectivity index (χ0n) is 10.3. The molecule has 2 N–H and O–H groups in total. The molecule has 0 aromatic carbocycles. The normalized spacial score (nSPS) is 20.6. The van der Waals surface area contributed by atoms with E-state index in [4.69, 9.17) is 0 Å². The van der Waals surface area contributed by atoms with Gasteiger partial charge in [-0.2, -0.15) is 0 Å². The third-order valence-electron chi connectivity index (χ3n) is 2.77. The minimum atomic E-state index is -0.341. The van der Waals surface area contributed by atoms with Gasteiger partial charge < -0.3 is 10.6 Å². The second-order valence-electron chi connectivity index (χ2n) is 4.04. The molecule has 1 unspecified atom stereocenters. The van der Waals surface area contributed by atoms with Gasteiger partial charge in [0.15, 0.2) is 0 Å². The van der Waals surface area contributed by atoms with Gasteiger partial charge in [-0.25, -0.2) is 0 Å². The molecule has 0 aromatic heterocycles. The number of likely N-dealkylation sites (N-methyl/N-ethyl adjacent to an activating group) is 1. The molecule has 1 rings (SSSR count). The molecular weight excluding hydrogens is 222 g/mol. The van der Waals surface area contributed by atoms with Crippen molar-refractivity contribution in [3.63, 3.8) is 0 Å². The number of hydrogen-bond acceptors (Lipinski definition) is 4. The van der Waals surface area contributed by atoms with E-state index in [0.717, 1.165) is 4.90 Å². The molecule has 1 aliphatic heterocycles. The molecule has 96 valence electrons. The van der Waals surface area contributed by atoms with E-state index in [1.807, 2.05) is 6.92 Å². The molecule has 17 heavy (non-hydrogen) atoms. The van der Waals surface area contributed by atoms with Crippen LogP contribution >= 0.6 is 0 Å². The van der Waals surface area contributed by atoms with Crippen molar-refractivity contribution in [3.05, 3.63) is 0 Å². The van der Waals surface area contributed by atoms with Crippen LogP contribution in [0.5, 0.6) is 0 Å². The quantitative estimate of drug-likeness (QED) is 0.621. The molecule has 3 amide bonds. The standard InChI is InChI=1S/C11H19N3O3/c1-3-12-9(15)6-7-13-8-4-5-10(16)14(2)11(8)17/h8,13H,3-7H2,1-2H3,(H,12,15). The van der Waals surface area contributed by atoms with Gasteiger partial charge in [0, 0.05) is 33.0 Å². The number of nitrogens with one attached hydrogen (secondary N) is 2. The van der Waals surface area contributed by atoms with E-state index in [9.17, 15) is 14.4 Å². The summed E-state index contributed by atoms with van der Waals surface area (Å²) in [5.41, 5.74) is 0. The Morgan fingerprint density at radius 2 is 2.18 bits per heavy atom. The molecule has 0 bridgehead atoms. The van der Waals surface area contributed by atoms with Gasteiger partial charge >= 0.3 is 0 Å². The number of carbonyl (C=O) groups is 3. The summed E-state index contributed by atoms with van der Waals surface area (Å²) >= 11 is 0. The van der Waals surface area contributed by atoms with Gasteiger partial charge in [-0.1, -0.05) is 0 Å². The molecule has 1 saturated heterocycles. The Bertz CT molecular complexity index is 317. The minimum absolute atomic E-state index is 0.0345. The van der Waals surface area contributed by atoms with E-state index in [2.05, 4.69) is 10.6 Å². The number of carbonyl (C=O) groups excluding carboxylic acids is 3. The Labute approximate surface area is 101 Å². The first-order chi connectivity index (χ1) is 8.06. The number of likely N-dealkylation sites (tertiary alicyclic amines) is 1. The molecule has 1 heterocycles. The molecular formula is C11H19N3O3. The molecule has 0 spiro atoms. The highest BCUT2D eigenvalue weighted by Crippen LogP contribution is 2.11. The average molecular weight is 241 g/mol. The van der Waals surface area contributed by atoms with Crippen LogP contribution in [0, 0.1) is 0 Å². The summed E-state index contributed by atoms with van der Waals surface area (Å²) in [6.07, 6.45) is 1.23. The number of nitrogens with zero attached hydrogens (tertiary/aromatic N) is 1. The summed E-state index contributed by atoms with van der Waals surface area (Å²) in [7, 11) is 1.49. The van der Waals surface area contributed by atoms with Crippen LogP contribution in [0.15, 0.2) is 0 Å². The molecule has 6 nitrogen and oxygen atoms in total. The third-order valence-corrected chi connectivity index (χ3v) is 2.77. The van der Waals surface area contributed by atoms with Gasteiger partial charge in [0.2, 0.25) is 17.7 Å². The zero-order chi connectivity index (χ0) is 12.8. The molecule has 0 aromatic rings. The summed E-state index contributed by atoms with van der Waals surface area (Å²) in [6.45, 7) is 2.92. The van der Waals surface area contributed by atoms with Crippen molar-refractivity contribution >= 4 is 17.7 Å². The molecule has 1 aliphatic rings. The van der Waals surface area contributed by atoms with E-state index in [1.165, 1.54) is 7.05 Å². The van der Waals surface area contributed by atoms with Crippen molar-refractivity contribution in [2.24, 2.45) is 0 Å². The van der Waals surface area contributed by atoms with Crippen LogP contribution in [-0.2, 0) is 14.4 Å². The van der Waals surface area contributed by atoms with Gasteiger partial charge in [-0.3, -0.25) is 19.3 Å². The number of piperidine rings is 1. The van der Waals surface area contributed by atoms with E-state index in [1.54, 1.807) is 0 Å². The van der Waals surface area contributed by atoms with E-state index in [0.29, 0.717) is 32.4 Å². The topological polar surface area (TPSA) is 78.5 Å². The Balaban J connectivity index is 2.30. The third kappa shape index (κ3) is 3.81. The maximum atomic E-state index is 11.7. The second kappa shape index (κ2) is 6.34. The summed E-state index contributed by atoms with van der Waals surface area (Å²) in [6, 6.07) is -0.341. The SMILES string of the molecule is CCNC(=O)CCNC1CCC(=O)N(C)C1=O. The first kappa shape index (κ1) is 13.6. The number of hydrogen-bond donors (Lipinski definition) is 2. The Kier molecular flexibility index (Phi) is 5.09. The van der Waals surface area contributed by atoms with Crippen molar-refractivity contribution in [1.82, 2.24) is 15.5 Å². The van der Waals surface area contributed by atoms with Crippen LogP contribution in [0.4, 0.5) is 0 Å². The molecule has 1 atom stereocenters. The highest BCUT2D eigenvalue weighted by atomic mass is 16.2. The van der Waals surface area contributed by atoms with Crippen LogP contribution in [0.3, 0.4) is 0 Å². The highest BCUT2D eigenvalue weighted by Gasteiger charge is 2.31. The summed E-state index contributed by atoms with van der Waals surface area (Å²) in [5, 5.41) is 5.69. The highest BCUT2D eigenvalue weighted by molar-refractivity contribution is 6.00. The Morgan fingerprint density at radius 3 is 2.82 bits per heavy atom. The maximum Gasteiger partial charge on any atom is 0.246 e. The lowest BCUT2D eigenvalue weighted by Gasteiger charge is -2.28. The summed E-state index contributed by atoms with van der Waals surface area (Å²) in [4.78, 5) is 35.2. The van der Waals surface area contributed by atoms with Gasteiger partial charge in [-0.05, 0) is 13.3 Å². The first-order valence-corrected chi connectivity index (χ1v) is 5.86. The molecule has 0 aliphatic carbocycles. The average Bonchev–Trinajstić information content (AvgIpc) is 2.29. The molecule has 0 saturated carbocycles. The maximum absolute atomic E-state index is 11.7. The van der Waals surface area contributed by atoms with Crippen LogP contribution in [-0.4, -0.2) is 48.8 Å². The lowest BCUT2D eigenvalue weighted by molar-refractivity contribution is -0.148. The van der Waals surface area contributed by atoms with Gasteiger partial charge in [-0.15, -0.1) is 0 Å². The lowest BCUT2D eigenvalue weighted by Crippen LogP contribution is -2.51. The fraction of sp³-hybridized carbons (Fsp3) is 0.727. The smallest absolute Gasteiger partial charge is 0.246 e.